The van der Waals surface area contributed by atoms with Crippen LogP contribution in [0.25, 0.3) is 0 Å². The van der Waals surface area contributed by atoms with Gasteiger partial charge in [0.2, 0.25) is 5.78 Å². The first-order valence-electron chi connectivity index (χ1n) is 6.86. The molecule has 0 unspecified atom stereocenters. The average molecular weight is 327 g/mol. The zero-order chi connectivity index (χ0) is 16.8. The van der Waals surface area contributed by atoms with Crippen molar-refractivity contribution in [3.05, 3.63) is 76.6 Å². The van der Waals surface area contributed by atoms with Crippen LogP contribution >= 0.6 is 11.6 Å². The third-order valence-corrected chi connectivity index (χ3v) is 3.13. The number of ether oxygens (including phenoxy) is 1. The molecule has 0 saturated heterocycles. The lowest BCUT2D eigenvalue weighted by Crippen LogP contribution is -2.14. The van der Waals surface area contributed by atoms with E-state index >= 15 is 0 Å². The summed E-state index contributed by atoms with van der Waals surface area (Å²) in [5.41, 5.74) is 0.968. The normalized spacial score (nSPS) is 10.8. The van der Waals surface area contributed by atoms with Gasteiger partial charge in [-0.2, -0.15) is 5.26 Å². The second kappa shape index (κ2) is 7.48. The van der Waals surface area contributed by atoms with Crippen LogP contribution in [-0.2, 0) is 0 Å². The first kappa shape index (κ1) is 16.6. The van der Waals surface area contributed by atoms with Crippen molar-refractivity contribution < 1.29 is 9.53 Å². The number of benzene rings is 2. The Balaban J connectivity index is 2.30. The van der Waals surface area contributed by atoms with Crippen LogP contribution in [0, 0.1) is 11.3 Å². The molecule has 23 heavy (non-hydrogen) atoms. The molecule has 2 aromatic carbocycles. The molecule has 2 rings (SSSR count). The number of carbonyl (C=O) groups is 1. The third kappa shape index (κ3) is 4.60. The number of nitrogens with zero attached hydrogens (tertiary/aromatic N) is 2. The van der Waals surface area contributed by atoms with Gasteiger partial charge in [0.25, 0.3) is 0 Å². The monoisotopic (exact) mass is 326 g/mol. The quantitative estimate of drug-likeness (QED) is 0.475. The lowest BCUT2D eigenvalue weighted by Gasteiger charge is -2.13. The topological polar surface area (TPSA) is 53.3 Å². The highest BCUT2D eigenvalue weighted by Crippen LogP contribution is 2.19. The number of hydrogen-bond donors (Lipinski definition) is 0. The number of nitriles is 1. The van der Waals surface area contributed by atoms with Crippen molar-refractivity contribution in [3.8, 4) is 11.8 Å². The highest BCUT2D eigenvalue weighted by molar-refractivity contribution is 6.31. The molecule has 2 aromatic rings. The summed E-state index contributed by atoms with van der Waals surface area (Å²) < 4.78 is 5.70. The minimum atomic E-state index is -0.273. The number of Topliss-reactive ketones (excluding diaryl/α,β-unsaturated/α-hetero) is 1. The summed E-state index contributed by atoms with van der Waals surface area (Å²) in [5.74, 6) is 0.375. The van der Waals surface area contributed by atoms with E-state index in [9.17, 15) is 4.79 Å². The molecule has 0 radical (unpaired) electrons. The van der Waals surface area contributed by atoms with Crippen LogP contribution in [0.2, 0.25) is 5.02 Å². The lowest BCUT2D eigenvalue weighted by atomic mass is 10.1. The molecule has 116 valence electrons. The van der Waals surface area contributed by atoms with E-state index in [2.05, 4.69) is 0 Å². The van der Waals surface area contributed by atoms with Gasteiger partial charge in [-0.1, -0.05) is 23.7 Å². The fourth-order valence-electron chi connectivity index (χ4n) is 1.86. The Morgan fingerprint density at radius 1 is 1.22 bits per heavy atom. The summed E-state index contributed by atoms with van der Waals surface area (Å²) in [6.45, 7) is 0. The van der Waals surface area contributed by atoms with Gasteiger partial charge in [0.05, 0.1) is 11.6 Å². The number of rotatable bonds is 5. The minimum absolute atomic E-state index is 0.168. The van der Waals surface area contributed by atoms with E-state index in [1.54, 1.807) is 73.7 Å². The van der Waals surface area contributed by atoms with Crippen molar-refractivity contribution in [2.24, 2.45) is 0 Å². The zero-order valence-electron chi connectivity index (χ0n) is 12.8. The molecule has 0 fully saturated rings. The predicted molar refractivity (Wildman–Crippen MR) is 89.3 cm³/mol. The fourth-order valence-corrected chi connectivity index (χ4v) is 2.05. The molecule has 0 atom stereocenters. The van der Waals surface area contributed by atoms with Crippen molar-refractivity contribution in [2.45, 2.75) is 0 Å². The van der Waals surface area contributed by atoms with Crippen LogP contribution in [0.4, 0.5) is 0 Å². The van der Waals surface area contributed by atoms with Crippen LogP contribution in [0.5, 0.6) is 5.75 Å². The van der Waals surface area contributed by atoms with Crippen LogP contribution in [-0.4, -0.2) is 24.8 Å². The number of carbonyl (C=O) groups excluding carboxylic acids is 1. The summed E-state index contributed by atoms with van der Waals surface area (Å²) in [4.78, 5) is 14.4. The molecule has 0 saturated carbocycles. The van der Waals surface area contributed by atoms with Gasteiger partial charge >= 0.3 is 0 Å². The average Bonchev–Trinajstić information content (AvgIpc) is 2.54. The maximum atomic E-state index is 12.6. The molecule has 4 nitrogen and oxygen atoms in total. The van der Waals surface area contributed by atoms with E-state index in [0.29, 0.717) is 21.9 Å². The molecule has 0 amide bonds. The van der Waals surface area contributed by atoms with Gasteiger partial charge < -0.3 is 9.64 Å². The van der Waals surface area contributed by atoms with Crippen molar-refractivity contribution in [3.63, 3.8) is 0 Å². The lowest BCUT2D eigenvalue weighted by molar-refractivity contribution is 0.0982. The Bertz CT molecular complexity index is 774. The van der Waals surface area contributed by atoms with Gasteiger partial charge in [-0.3, -0.25) is 4.79 Å². The number of allylic oxidation sites excluding steroid dienone is 1. The molecule has 0 aliphatic carbocycles. The first-order chi connectivity index (χ1) is 11.0. The summed E-state index contributed by atoms with van der Waals surface area (Å²) >= 11 is 5.94. The Hall–Kier alpha value is -2.77. The largest absolute Gasteiger partial charge is 0.452 e. The SMILES string of the molecule is CN(C)/C=C(\Oc1ccc(C#N)cc1)C(=O)c1cccc(Cl)c1. The number of hydrogen-bond acceptors (Lipinski definition) is 4. The molecule has 0 spiro atoms. The zero-order valence-corrected chi connectivity index (χ0v) is 13.5. The van der Waals surface area contributed by atoms with E-state index in [4.69, 9.17) is 21.6 Å². The summed E-state index contributed by atoms with van der Waals surface area (Å²) in [6.07, 6.45) is 1.60. The molecule has 0 bridgehead atoms. The minimum Gasteiger partial charge on any atom is -0.452 e. The Labute approximate surface area is 140 Å². The van der Waals surface area contributed by atoms with Gasteiger partial charge in [0, 0.05) is 30.9 Å². The summed E-state index contributed by atoms with van der Waals surface area (Å²) in [6, 6.07) is 15.3. The van der Waals surface area contributed by atoms with Crippen molar-refractivity contribution in [1.82, 2.24) is 4.90 Å². The maximum Gasteiger partial charge on any atom is 0.229 e. The smallest absolute Gasteiger partial charge is 0.229 e. The van der Waals surface area contributed by atoms with E-state index in [1.807, 2.05) is 6.07 Å². The molecular formula is C18H15ClN2O2. The van der Waals surface area contributed by atoms with Crippen LogP contribution in [0.3, 0.4) is 0 Å². The molecule has 0 heterocycles. The molecule has 0 aromatic heterocycles. The first-order valence-corrected chi connectivity index (χ1v) is 7.24. The maximum absolute atomic E-state index is 12.6. The predicted octanol–water partition coefficient (Wildman–Crippen LogP) is 3.88. The molecule has 0 N–H and O–H groups in total. The molecule has 5 heteroatoms. The van der Waals surface area contributed by atoms with Gasteiger partial charge in [-0.15, -0.1) is 0 Å². The molecule has 0 aliphatic heterocycles. The summed E-state index contributed by atoms with van der Waals surface area (Å²) in [7, 11) is 3.60. The molecular weight excluding hydrogens is 312 g/mol. The van der Waals surface area contributed by atoms with Crippen molar-refractivity contribution >= 4 is 17.4 Å². The van der Waals surface area contributed by atoms with Crippen molar-refractivity contribution in [1.29, 1.82) is 5.26 Å². The van der Waals surface area contributed by atoms with Gasteiger partial charge in [0.1, 0.15) is 5.75 Å². The van der Waals surface area contributed by atoms with E-state index < -0.39 is 0 Å². The Morgan fingerprint density at radius 3 is 2.48 bits per heavy atom. The van der Waals surface area contributed by atoms with Crippen LogP contribution in [0.15, 0.2) is 60.5 Å². The second-order valence-corrected chi connectivity index (χ2v) is 5.47. The highest BCUT2D eigenvalue weighted by atomic mass is 35.5. The van der Waals surface area contributed by atoms with Crippen LogP contribution in [0.1, 0.15) is 15.9 Å². The van der Waals surface area contributed by atoms with Crippen LogP contribution < -0.4 is 4.74 Å². The van der Waals surface area contributed by atoms with E-state index in [1.165, 1.54) is 0 Å². The third-order valence-electron chi connectivity index (χ3n) is 2.90. The Kier molecular flexibility index (Phi) is 5.40. The standard InChI is InChI=1S/C18H15ClN2O2/c1-21(2)12-17(18(22)14-4-3-5-15(19)10-14)23-16-8-6-13(11-20)7-9-16/h3-10,12H,1-2H3/b17-12-. The number of ketones is 1. The number of halogens is 1. The van der Waals surface area contributed by atoms with Gasteiger partial charge in [-0.05, 0) is 36.4 Å². The molecule has 0 aliphatic rings. The van der Waals surface area contributed by atoms with Crippen molar-refractivity contribution in [2.75, 3.05) is 14.1 Å². The highest BCUT2D eigenvalue weighted by Gasteiger charge is 2.16. The van der Waals surface area contributed by atoms with Gasteiger partial charge in [0.15, 0.2) is 5.76 Å². The van der Waals surface area contributed by atoms with E-state index in [-0.39, 0.29) is 11.5 Å². The summed E-state index contributed by atoms with van der Waals surface area (Å²) in [5, 5.41) is 9.30. The van der Waals surface area contributed by atoms with E-state index in [0.717, 1.165) is 0 Å². The van der Waals surface area contributed by atoms with Gasteiger partial charge in [-0.25, -0.2) is 0 Å². The fraction of sp³-hybridized carbons (Fsp3) is 0.111. The Morgan fingerprint density at radius 2 is 1.91 bits per heavy atom. The second-order valence-electron chi connectivity index (χ2n) is 5.03.